The number of rotatable bonds is 9. The van der Waals surface area contributed by atoms with Crippen molar-refractivity contribution in [2.75, 3.05) is 4.90 Å². The van der Waals surface area contributed by atoms with Crippen LogP contribution in [0.15, 0.2) is 72.8 Å². The Labute approximate surface area is 238 Å². The Bertz CT molecular complexity index is 1450. The number of hydrogen-bond acceptors (Lipinski definition) is 8. The first-order valence-electron chi connectivity index (χ1n) is 13.1. The van der Waals surface area contributed by atoms with E-state index in [9.17, 15) is 43.6 Å². The molecule has 2 aliphatic heterocycles. The highest BCUT2D eigenvalue weighted by Gasteiger charge is 2.49. The molecule has 3 aromatic rings. The second-order valence-electron chi connectivity index (χ2n) is 10.1. The molecule has 10 nitrogen and oxygen atoms in total. The number of ketones is 1. The summed E-state index contributed by atoms with van der Waals surface area (Å²) in [6, 6.07) is 16.3. The predicted molar refractivity (Wildman–Crippen MR) is 141 cm³/mol. The van der Waals surface area contributed by atoms with E-state index in [4.69, 9.17) is 9.47 Å². The van der Waals surface area contributed by atoms with Crippen LogP contribution in [-0.4, -0.2) is 68.8 Å². The van der Waals surface area contributed by atoms with Crippen LogP contribution >= 0.6 is 0 Å². The minimum absolute atomic E-state index is 0.0345. The van der Waals surface area contributed by atoms with Crippen LogP contribution in [0, 0.1) is 17.6 Å². The molecule has 0 saturated carbocycles. The summed E-state index contributed by atoms with van der Waals surface area (Å²) in [4.78, 5) is 38.8. The molecule has 1 amide bonds. The fourth-order valence-electron chi connectivity index (χ4n) is 5.19. The molecule has 4 N–H and O–H groups in total. The highest BCUT2D eigenvalue weighted by atomic mass is 19.1. The zero-order valence-electron chi connectivity index (χ0n) is 21.9. The van der Waals surface area contributed by atoms with Gasteiger partial charge in [0, 0.05) is 17.7 Å². The lowest BCUT2D eigenvalue weighted by Crippen LogP contribution is -2.61. The molecular weight excluding hydrogens is 556 g/mol. The Morgan fingerprint density at radius 3 is 2.02 bits per heavy atom. The third kappa shape index (κ3) is 5.74. The van der Waals surface area contributed by atoms with Crippen molar-refractivity contribution in [2.45, 2.75) is 49.6 Å². The monoisotopic (exact) mass is 583 g/mol. The summed E-state index contributed by atoms with van der Waals surface area (Å²) in [7, 11) is 0. The van der Waals surface area contributed by atoms with E-state index in [0.717, 1.165) is 0 Å². The Morgan fingerprint density at radius 1 is 0.833 bits per heavy atom. The molecule has 2 fully saturated rings. The molecule has 0 spiro atoms. The standard InChI is InChI=1S/C30H27F2NO9/c31-17-5-1-15(2-6-17)22(34)14-13-21-23(33(28(21)38)19-9-7-18(32)8-10-19)16-3-11-20(12-4-16)41-30-26(37)24(35)25(36)27(42-30)29(39)40/h1-12,21,23-27,30,35-37H,13-14H2,(H,39,40)/t21-,23-,24+,25+,26-,27+,30?/m1/s1. The number of Topliss-reactive ketones (excluding diaryl/α,β-unsaturated/α-hetero) is 1. The number of anilines is 1. The van der Waals surface area contributed by atoms with Gasteiger partial charge in [-0.1, -0.05) is 12.1 Å². The summed E-state index contributed by atoms with van der Waals surface area (Å²) >= 11 is 0. The number of aliphatic carboxylic acids is 1. The van der Waals surface area contributed by atoms with Crippen LogP contribution in [0.1, 0.15) is 34.8 Å². The second kappa shape index (κ2) is 11.9. The first kappa shape index (κ1) is 29.3. The van der Waals surface area contributed by atoms with Crippen LogP contribution in [0.5, 0.6) is 5.75 Å². The van der Waals surface area contributed by atoms with Crippen molar-refractivity contribution in [2.24, 2.45) is 5.92 Å². The fraction of sp³-hybridized carbons (Fsp3) is 0.300. The lowest BCUT2D eigenvalue weighted by molar-refractivity contribution is -0.271. The molecule has 2 aliphatic rings. The lowest BCUT2D eigenvalue weighted by Gasteiger charge is -2.47. The van der Waals surface area contributed by atoms with Gasteiger partial charge in [-0.25, -0.2) is 13.6 Å². The first-order valence-corrected chi connectivity index (χ1v) is 13.1. The number of carbonyl (C=O) groups excluding carboxylic acids is 2. The van der Waals surface area contributed by atoms with E-state index in [-0.39, 0.29) is 30.3 Å². The van der Waals surface area contributed by atoms with Crippen LogP contribution in [0.3, 0.4) is 0 Å². The van der Waals surface area contributed by atoms with E-state index in [2.05, 4.69) is 0 Å². The molecule has 1 unspecified atom stereocenters. The molecule has 0 radical (unpaired) electrons. The van der Waals surface area contributed by atoms with Crippen LogP contribution in [0.25, 0.3) is 0 Å². The SMILES string of the molecule is O=C(CC[C@H]1C(=O)N(c2ccc(F)cc2)[C@@H]1c1ccc(OC2O[C@H](C(=O)O)[C@@H](O)[C@H](O)[C@H]2O)cc1)c1ccc(F)cc1. The molecule has 0 aromatic heterocycles. The van der Waals surface area contributed by atoms with Gasteiger partial charge in [-0.3, -0.25) is 9.59 Å². The summed E-state index contributed by atoms with van der Waals surface area (Å²) in [5, 5.41) is 39.4. The van der Waals surface area contributed by atoms with Crippen LogP contribution in [0.2, 0.25) is 0 Å². The zero-order chi connectivity index (χ0) is 30.1. The molecule has 7 atom stereocenters. The number of β-lactam (4-membered cyclic amide) rings is 1. The molecular formula is C30H27F2NO9. The number of carboxylic acid groups (broad SMARTS) is 1. The quantitative estimate of drug-likeness (QED) is 0.220. The van der Waals surface area contributed by atoms with Gasteiger partial charge in [0.25, 0.3) is 0 Å². The van der Waals surface area contributed by atoms with Gasteiger partial charge in [0.1, 0.15) is 35.7 Å². The number of ether oxygens (including phenoxy) is 2. The van der Waals surface area contributed by atoms with Crippen molar-refractivity contribution >= 4 is 23.3 Å². The summed E-state index contributed by atoms with van der Waals surface area (Å²) in [5.41, 5.74) is 1.43. The maximum absolute atomic E-state index is 13.6. The topological polar surface area (TPSA) is 154 Å². The number of aliphatic hydroxyl groups is 3. The average Bonchev–Trinajstić information content (AvgIpc) is 2.97. The zero-order valence-corrected chi connectivity index (χ0v) is 21.9. The van der Waals surface area contributed by atoms with Crippen molar-refractivity contribution in [1.29, 1.82) is 0 Å². The molecule has 0 aliphatic carbocycles. The molecule has 2 heterocycles. The Hall–Kier alpha value is -4.23. The smallest absolute Gasteiger partial charge is 0.335 e. The highest BCUT2D eigenvalue weighted by molar-refractivity contribution is 6.04. The number of halogens is 2. The van der Waals surface area contributed by atoms with E-state index in [0.29, 0.717) is 16.8 Å². The van der Waals surface area contributed by atoms with Crippen LogP contribution < -0.4 is 9.64 Å². The molecule has 5 rings (SSSR count). The van der Waals surface area contributed by atoms with E-state index >= 15 is 0 Å². The summed E-state index contributed by atoms with van der Waals surface area (Å²) in [6.07, 6.45) is -8.61. The van der Waals surface area contributed by atoms with Gasteiger partial charge in [-0.05, 0) is 72.6 Å². The molecule has 3 aromatic carbocycles. The number of hydrogen-bond donors (Lipinski definition) is 4. The number of amides is 1. The van der Waals surface area contributed by atoms with Gasteiger partial charge >= 0.3 is 5.97 Å². The lowest BCUT2D eigenvalue weighted by atomic mass is 9.78. The average molecular weight is 584 g/mol. The molecule has 220 valence electrons. The van der Waals surface area contributed by atoms with E-state index in [1.165, 1.54) is 65.6 Å². The van der Waals surface area contributed by atoms with E-state index in [1.807, 2.05) is 0 Å². The van der Waals surface area contributed by atoms with Gasteiger partial charge in [-0.15, -0.1) is 0 Å². The number of benzene rings is 3. The molecule has 42 heavy (non-hydrogen) atoms. The first-order chi connectivity index (χ1) is 20.0. The molecule has 12 heteroatoms. The van der Waals surface area contributed by atoms with Crippen molar-refractivity contribution in [3.63, 3.8) is 0 Å². The van der Waals surface area contributed by atoms with Crippen molar-refractivity contribution in [1.82, 2.24) is 0 Å². The molecule has 0 bridgehead atoms. The van der Waals surface area contributed by atoms with E-state index < -0.39 is 60.3 Å². The second-order valence-corrected chi connectivity index (χ2v) is 10.1. The Balaban J connectivity index is 1.34. The number of nitrogens with zero attached hydrogens (tertiary/aromatic N) is 1. The maximum Gasteiger partial charge on any atom is 0.335 e. The maximum atomic E-state index is 13.6. The normalized spacial score (nSPS) is 27.3. The highest BCUT2D eigenvalue weighted by Crippen LogP contribution is 2.46. The van der Waals surface area contributed by atoms with Gasteiger partial charge in [-0.2, -0.15) is 0 Å². The van der Waals surface area contributed by atoms with Crippen molar-refractivity contribution < 1.29 is 53.1 Å². The van der Waals surface area contributed by atoms with Crippen molar-refractivity contribution in [3.8, 4) is 5.75 Å². The summed E-state index contributed by atoms with van der Waals surface area (Å²) < 4.78 is 37.5. The van der Waals surface area contributed by atoms with Gasteiger partial charge in [0.15, 0.2) is 11.9 Å². The summed E-state index contributed by atoms with van der Waals surface area (Å²) in [5.74, 6) is -3.45. The van der Waals surface area contributed by atoms with Crippen molar-refractivity contribution in [3.05, 3.63) is 95.6 Å². The number of carboxylic acids is 1. The third-order valence-corrected chi connectivity index (χ3v) is 7.45. The fourth-order valence-corrected chi connectivity index (χ4v) is 5.19. The largest absolute Gasteiger partial charge is 0.479 e. The van der Waals surface area contributed by atoms with Gasteiger partial charge < -0.3 is 34.8 Å². The summed E-state index contributed by atoms with van der Waals surface area (Å²) in [6.45, 7) is 0. The Kier molecular flexibility index (Phi) is 8.32. The predicted octanol–water partition coefficient (Wildman–Crippen LogP) is 2.60. The van der Waals surface area contributed by atoms with Gasteiger partial charge in [0.05, 0.1) is 12.0 Å². The van der Waals surface area contributed by atoms with Gasteiger partial charge in [0.2, 0.25) is 12.2 Å². The van der Waals surface area contributed by atoms with Crippen LogP contribution in [-0.2, 0) is 14.3 Å². The van der Waals surface area contributed by atoms with E-state index in [1.54, 1.807) is 12.1 Å². The Morgan fingerprint density at radius 2 is 1.43 bits per heavy atom. The van der Waals surface area contributed by atoms with Crippen LogP contribution in [0.4, 0.5) is 14.5 Å². The molecule has 2 saturated heterocycles. The number of carbonyl (C=O) groups is 3. The number of aliphatic hydroxyl groups excluding tert-OH is 3. The minimum atomic E-state index is -1.86. The third-order valence-electron chi connectivity index (χ3n) is 7.45. The minimum Gasteiger partial charge on any atom is -0.479 e.